The first-order valence-corrected chi connectivity index (χ1v) is 5.63. The maximum absolute atomic E-state index is 11.3. The summed E-state index contributed by atoms with van der Waals surface area (Å²) >= 11 is 3.34. The highest BCUT2D eigenvalue weighted by atomic mass is 79.9. The van der Waals surface area contributed by atoms with Gasteiger partial charge in [-0.05, 0) is 24.1 Å². The molecule has 1 aliphatic rings. The van der Waals surface area contributed by atoms with Crippen LogP contribution in [0.2, 0.25) is 0 Å². The minimum atomic E-state index is 0.0394. The van der Waals surface area contributed by atoms with Crippen molar-refractivity contribution in [2.75, 3.05) is 6.54 Å². The van der Waals surface area contributed by atoms with Gasteiger partial charge in [-0.15, -0.1) is 0 Å². The maximum Gasteiger partial charge on any atom is 0.251 e. The summed E-state index contributed by atoms with van der Waals surface area (Å²) in [5, 5.41) is 2.81. The van der Waals surface area contributed by atoms with Gasteiger partial charge in [-0.2, -0.15) is 0 Å². The summed E-state index contributed by atoms with van der Waals surface area (Å²) in [6.07, 6.45) is 0.939. The van der Waals surface area contributed by atoms with Crippen molar-refractivity contribution in [3.8, 4) is 0 Å². The van der Waals surface area contributed by atoms with Crippen LogP contribution in [0.1, 0.15) is 29.8 Å². The number of benzene rings is 1. The average Bonchev–Trinajstić information content (AvgIpc) is 2.22. The second kappa shape index (κ2) is 5.15. The summed E-state index contributed by atoms with van der Waals surface area (Å²) in [5.41, 5.74) is 1.94. The fraction of sp³-hybridized carbons (Fsp3) is 0.364. The van der Waals surface area contributed by atoms with Crippen LogP contribution in [0.15, 0.2) is 22.7 Å². The van der Waals surface area contributed by atoms with E-state index >= 15 is 0 Å². The Morgan fingerprint density at radius 2 is 2.07 bits per heavy atom. The molecule has 0 radical (unpaired) electrons. The average molecular weight is 256 g/mol. The third-order valence-corrected chi connectivity index (χ3v) is 2.49. The van der Waals surface area contributed by atoms with Gasteiger partial charge in [0.05, 0.1) is 0 Å². The Hall–Kier alpha value is -0.830. The van der Waals surface area contributed by atoms with Crippen molar-refractivity contribution in [3.63, 3.8) is 0 Å². The Morgan fingerprint density at radius 3 is 2.79 bits per heavy atom. The van der Waals surface area contributed by atoms with E-state index < -0.39 is 0 Å². The maximum atomic E-state index is 11.3. The summed E-state index contributed by atoms with van der Waals surface area (Å²) in [6.45, 7) is 4.76. The first-order valence-electron chi connectivity index (χ1n) is 4.84. The van der Waals surface area contributed by atoms with E-state index in [1.165, 1.54) is 0 Å². The molecule has 3 heteroatoms. The molecule has 0 saturated carbocycles. The molecule has 0 aliphatic carbocycles. The molecule has 1 aromatic carbocycles. The SMILES string of the molecule is CC.O=C1NCCc2ccc(Br)cc21. The van der Waals surface area contributed by atoms with Crippen LogP contribution in [-0.4, -0.2) is 12.5 Å². The van der Waals surface area contributed by atoms with Crippen LogP contribution < -0.4 is 5.32 Å². The predicted molar refractivity (Wildman–Crippen MR) is 61.5 cm³/mol. The third kappa shape index (κ3) is 2.35. The van der Waals surface area contributed by atoms with Crippen molar-refractivity contribution in [1.82, 2.24) is 5.32 Å². The van der Waals surface area contributed by atoms with Gasteiger partial charge in [0, 0.05) is 16.6 Å². The Morgan fingerprint density at radius 1 is 1.36 bits per heavy atom. The van der Waals surface area contributed by atoms with Gasteiger partial charge < -0.3 is 5.32 Å². The van der Waals surface area contributed by atoms with Gasteiger partial charge in [-0.3, -0.25) is 4.79 Å². The van der Waals surface area contributed by atoms with Crippen LogP contribution in [0, 0.1) is 0 Å². The Labute approximate surface area is 92.8 Å². The van der Waals surface area contributed by atoms with Crippen LogP contribution in [0.3, 0.4) is 0 Å². The lowest BCUT2D eigenvalue weighted by Gasteiger charge is -2.15. The molecule has 76 valence electrons. The first kappa shape index (κ1) is 11.2. The number of hydrogen-bond donors (Lipinski definition) is 1. The zero-order valence-corrected chi connectivity index (χ0v) is 10.0. The molecule has 2 rings (SSSR count). The molecule has 1 aromatic rings. The first-order chi connectivity index (χ1) is 6.77. The Balaban J connectivity index is 0.000000461. The van der Waals surface area contributed by atoms with E-state index in [1.54, 1.807) is 0 Å². The van der Waals surface area contributed by atoms with E-state index in [2.05, 4.69) is 21.2 Å². The molecule has 2 nitrogen and oxygen atoms in total. The lowest BCUT2D eigenvalue weighted by atomic mass is 10.0. The minimum Gasteiger partial charge on any atom is -0.352 e. The standard InChI is InChI=1S/C9H8BrNO.C2H6/c10-7-2-1-6-3-4-11-9(12)8(6)5-7;1-2/h1-2,5H,3-4H2,(H,11,12);1-2H3. The van der Waals surface area contributed by atoms with Gasteiger partial charge in [-0.1, -0.05) is 35.8 Å². The molecule has 0 saturated heterocycles. The summed E-state index contributed by atoms with van der Waals surface area (Å²) in [7, 11) is 0. The van der Waals surface area contributed by atoms with Crippen molar-refractivity contribution in [1.29, 1.82) is 0 Å². The molecule has 1 heterocycles. The Bertz CT molecular complexity index is 336. The minimum absolute atomic E-state index is 0.0394. The zero-order valence-electron chi connectivity index (χ0n) is 8.43. The molecular weight excluding hydrogens is 242 g/mol. The van der Waals surface area contributed by atoms with Crippen LogP contribution >= 0.6 is 15.9 Å². The Kier molecular flexibility index (Phi) is 4.14. The van der Waals surface area contributed by atoms with E-state index in [0.29, 0.717) is 0 Å². The van der Waals surface area contributed by atoms with Crippen molar-refractivity contribution in [2.45, 2.75) is 20.3 Å². The fourth-order valence-corrected chi connectivity index (χ4v) is 1.75. The van der Waals surface area contributed by atoms with E-state index in [9.17, 15) is 4.79 Å². The topological polar surface area (TPSA) is 29.1 Å². The van der Waals surface area contributed by atoms with Crippen LogP contribution in [0.25, 0.3) is 0 Å². The van der Waals surface area contributed by atoms with E-state index in [4.69, 9.17) is 0 Å². The quantitative estimate of drug-likeness (QED) is 0.759. The van der Waals surface area contributed by atoms with Gasteiger partial charge >= 0.3 is 0 Å². The molecule has 0 unspecified atom stereocenters. The number of amides is 1. The van der Waals surface area contributed by atoms with Crippen LogP contribution in [0.5, 0.6) is 0 Å². The highest BCUT2D eigenvalue weighted by Crippen LogP contribution is 2.18. The summed E-state index contributed by atoms with van der Waals surface area (Å²) in [4.78, 5) is 11.3. The molecular formula is C11H14BrNO. The smallest absolute Gasteiger partial charge is 0.251 e. The van der Waals surface area contributed by atoms with Gasteiger partial charge in [0.1, 0.15) is 0 Å². The highest BCUT2D eigenvalue weighted by molar-refractivity contribution is 9.10. The molecule has 0 spiro atoms. The molecule has 0 aromatic heterocycles. The summed E-state index contributed by atoms with van der Waals surface area (Å²) < 4.78 is 0.957. The summed E-state index contributed by atoms with van der Waals surface area (Å²) in [5.74, 6) is 0.0394. The van der Waals surface area contributed by atoms with E-state index in [-0.39, 0.29) is 5.91 Å². The number of carbonyl (C=O) groups is 1. The van der Waals surface area contributed by atoms with E-state index in [1.807, 2.05) is 32.0 Å². The number of halogens is 1. The van der Waals surface area contributed by atoms with Gasteiger partial charge in [-0.25, -0.2) is 0 Å². The second-order valence-electron chi connectivity index (χ2n) is 2.81. The van der Waals surface area contributed by atoms with Crippen molar-refractivity contribution < 1.29 is 4.79 Å². The lowest BCUT2D eigenvalue weighted by molar-refractivity contribution is 0.0946. The number of nitrogens with one attached hydrogen (secondary N) is 1. The van der Waals surface area contributed by atoms with Gasteiger partial charge in [0.25, 0.3) is 5.91 Å². The van der Waals surface area contributed by atoms with E-state index in [0.717, 1.165) is 28.6 Å². The summed E-state index contributed by atoms with van der Waals surface area (Å²) in [6, 6.07) is 5.83. The van der Waals surface area contributed by atoms with Crippen LogP contribution in [-0.2, 0) is 6.42 Å². The lowest BCUT2D eigenvalue weighted by Crippen LogP contribution is -2.31. The molecule has 1 aliphatic heterocycles. The zero-order chi connectivity index (χ0) is 10.6. The van der Waals surface area contributed by atoms with Gasteiger partial charge in [0.15, 0.2) is 0 Å². The fourth-order valence-electron chi connectivity index (χ4n) is 1.38. The number of rotatable bonds is 0. The van der Waals surface area contributed by atoms with Crippen molar-refractivity contribution in [3.05, 3.63) is 33.8 Å². The molecule has 1 amide bonds. The second-order valence-corrected chi connectivity index (χ2v) is 3.72. The normalized spacial score (nSPS) is 13.5. The monoisotopic (exact) mass is 255 g/mol. The highest BCUT2D eigenvalue weighted by Gasteiger charge is 2.15. The molecule has 0 fully saturated rings. The molecule has 14 heavy (non-hydrogen) atoms. The number of carbonyl (C=O) groups excluding carboxylic acids is 1. The van der Waals surface area contributed by atoms with Crippen molar-refractivity contribution in [2.24, 2.45) is 0 Å². The third-order valence-electron chi connectivity index (χ3n) is 2.00. The number of fused-ring (bicyclic) bond motifs is 1. The molecule has 0 atom stereocenters. The molecule has 0 bridgehead atoms. The predicted octanol–water partition coefficient (Wildman–Crippen LogP) is 2.76. The van der Waals surface area contributed by atoms with Crippen LogP contribution in [0.4, 0.5) is 0 Å². The van der Waals surface area contributed by atoms with Crippen molar-refractivity contribution >= 4 is 21.8 Å². The van der Waals surface area contributed by atoms with Gasteiger partial charge in [0.2, 0.25) is 0 Å². The number of hydrogen-bond acceptors (Lipinski definition) is 1. The largest absolute Gasteiger partial charge is 0.352 e. The molecule has 1 N–H and O–H groups in total.